The molecule has 2 aliphatic heterocycles. The Bertz CT molecular complexity index is 1970. The molecular weight excluding hydrogens is 728 g/mol. The number of ether oxygens (including phenoxy) is 3. The Balaban J connectivity index is 1.23. The number of aliphatic hydroxyl groups excluding tert-OH is 1. The van der Waals surface area contributed by atoms with Gasteiger partial charge < -0.3 is 49.6 Å². The molecule has 0 saturated carbocycles. The Morgan fingerprint density at radius 3 is 2.60 bits per heavy atom. The second-order valence-electron chi connectivity index (χ2n) is 10.9. The zero-order valence-electron chi connectivity index (χ0n) is 24.5. The van der Waals surface area contributed by atoms with Gasteiger partial charge in [-0.2, -0.15) is 4.98 Å². The predicted molar refractivity (Wildman–Crippen MR) is 167 cm³/mol. The number of nitrogens with zero attached hydrogens (tertiary/aromatic N) is 7. The van der Waals surface area contributed by atoms with Gasteiger partial charge in [0.05, 0.1) is 31.5 Å². The van der Waals surface area contributed by atoms with E-state index in [1.54, 1.807) is 6.92 Å². The molecule has 2 aliphatic rings. The van der Waals surface area contributed by atoms with E-state index in [2.05, 4.69) is 29.9 Å². The lowest BCUT2D eigenvalue weighted by Crippen LogP contribution is -2.42. The average Bonchev–Trinajstić information content (AvgIpc) is 3.76. The van der Waals surface area contributed by atoms with Crippen molar-refractivity contribution in [3.8, 4) is 0 Å². The predicted octanol–water partition coefficient (Wildman–Crippen LogP) is -0.197. The van der Waals surface area contributed by atoms with Crippen LogP contribution in [-0.2, 0) is 51.4 Å². The van der Waals surface area contributed by atoms with Gasteiger partial charge in [-0.25, -0.2) is 28.7 Å². The molecule has 262 valence electrons. The summed E-state index contributed by atoms with van der Waals surface area (Å²) in [6.45, 7) is -4.99. The first-order valence-corrected chi connectivity index (χ1v) is 18.8. The number of H-pyrrole nitrogens is 1. The van der Waals surface area contributed by atoms with Gasteiger partial charge >= 0.3 is 12.6 Å². The van der Waals surface area contributed by atoms with Crippen LogP contribution in [0.4, 0.5) is 20.5 Å². The quantitative estimate of drug-likeness (QED) is 0.0807. The van der Waals surface area contributed by atoms with Crippen LogP contribution in [0.1, 0.15) is 25.8 Å². The molecule has 8 atom stereocenters. The standard InChI is InChI=1S/C22H28F2N10O10P2S2/c1-21(2-9(39-8-40-45(37)47)18(43-21)33-6-29-11-14(25)27-5-28-15(11)33)4-41-46(38,48)44-13-19(42-10(3-35)22(13,23)24)34-7-30-12-16(34)31-20(26)32-17(12)36/h5-7,9-10,13,18-19,35,45H,2-4,8H2,1H3,(H,37,47)(H,38,48)(H2,25,27,28)(H3,26,31,32,36)/t9-,10-,13+,18-,19-,21-,46?/m1/s1. The van der Waals surface area contributed by atoms with Gasteiger partial charge in [0.2, 0.25) is 5.95 Å². The monoisotopic (exact) mass is 756 g/mol. The van der Waals surface area contributed by atoms with Crippen molar-refractivity contribution in [2.75, 3.05) is 31.5 Å². The molecule has 48 heavy (non-hydrogen) atoms. The Morgan fingerprint density at radius 2 is 1.90 bits per heavy atom. The first-order chi connectivity index (χ1) is 22.6. The summed E-state index contributed by atoms with van der Waals surface area (Å²) in [6, 6.07) is 0. The van der Waals surface area contributed by atoms with Crippen molar-refractivity contribution in [1.82, 2.24) is 39.0 Å². The summed E-state index contributed by atoms with van der Waals surface area (Å²) >= 11 is 9.84. The Hall–Kier alpha value is -2.70. The summed E-state index contributed by atoms with van der Waals surface area (Å²) in [5.41, 5.74) is 9.63. The van der Waals surface area contributed by atoms with Crippen molar-refractivity contribution in [2.45, 2.75) is 55.6 Å². The third-order valence-electron chi connectivity index (χ3n) is 7.52. The number of hydrogen-bond acceptors (Lipinski definition) is 17. The SMILES string of the molecule is C[C@]1(COP(O)(=S)O[C@H]2[C@H](n3cnc4c(=O)[nH]c(N)nc43)O[C@H](CO)C2(F)F)C[C@@H](OCO[PH](O)=S)[C@H](n2cnc3c(N)ncnc32)O1. The zero-order chi connectivity index (χ0) is 34.6. The number of halogens is 2. The summed E-state index contributed by atoms with van der Waals surface area (Å²) in [5.74, 6) is -4.14. The number of fused-ring (bicyclic) bond motifs is 2. The lowest BCUT2D eigenvalue weighted by atomic mass is 10.0. The molecule has 8 N–H and O–H groups in total. The molecule has 6 heterocycles. The van der Waals surface area contributed by atoms with Gasteiger partial charge in [0, 0.05) is 6.42 Å². The van der Waals surface area contributed by atoms with Gasteiger partial charge in [0.25, 0.3) is 5.56 Å². The summed E-state index contributed by atoms with van der Waals surface area (Å²) in [4.78, 5) is 55.2. The van der Waals surface area contributed by atoms with Crippen LogP contribution in [0.2, 0.25) is 0 Å². The van der Waals surface area contributed by atoms with Gasteiger partial charge in [-0.05, 0) is 30.5 Å². The van der Waals surface area contributed by atoms with E-state index in [0.717, 1.165) is 10.9 Å². The number of rotatable bonds is 12. The number of nitrogens with one attached hydrogen (secondary N) is 1. The molecule has 26 heteroatoms. The Labute approximate surface area is 278 Å². The Morgan fingerprint density at radius 1 is 1.19 bits per heavy atom. The second kappa shape index (κ2) is 13.2. The van der Waals surface area contributed by atoms with Gasteiger partial charge in [0.15, 0.2) is 55.1 Å². The number of nitrogen functional groups attached to an aromatic ring is 2. The van der Waals surface area contributed by atoms with Crippen LogP contribution < -0.4 is 17.0 Å². The lowest BCUT2D eigenvalue weighted by molar-refractivity contribution is -0.125. The summed E-state index contributed by atoms with van der Waals surface area (Å²) in [7, 11) is -2.50. The fourth-order valence-corrected chi connectivity index (χ4v) is 7.14. The van der Waals surface area contributed by atoms with Crippen molar-refractivity contribution in [3.63, 3.8) is 0 Å². The van der Waals surface area contributed by atoms with Crippen LogP contribution in [0.15, 0.2) is 23.8 Å². The number of alkyl halides is 2. The highest BCUT2D eigenvalue weighted by atomic mass is 32.5. The van der Waals surface area contributed by atoms with Crippen LogP contribution in [0.5, 0.6) is 0 Å². The number of hydrogen-bond donors (Lipinski definition) is 6. The minimum atomic E-state index is -4.55. The number of imidazole rings is 2. The number of aromatic nitrogens is 8. The molecule has 0 bridgehead atoms. The van der Waals surface area contributed by atoms with E-state index >= 15 is 8.78 Å². The molecule has 20 nitrogen and oxygen atoms in total. The molecule has 2 saturated heterocycles. The molecule has 0 aliphatic carbocycles. The molecular formula is C22H28F2N10O10P2S2. The third kappa shape index (κ3) is 6.73. The summed E-state index contributed by atoms with van der Waals surface area (Å²) in [6.07, 6.45) is -4.31. The lowest BCUT2D eigenvalue weighted by Gasteiger charge is -2.30. The third-order valence-corrected chi connectivity index (χ3v) is 9.77. The molecule has 4 aromatic rings. The minimum absolute atomic E-state index is 0.0576. The van der Waals surface area contributed by atoms with E-state index in [0.29, 0.717) is 5.65 Å². The van der Waals surface area contributed by atoms with E-state index in [1.165, 1.54) is 17.2 Å². The smallest absolute Gasteiger partial charge is 0.325 e. The fraction of sp³-hybridized carbons (Fsp3) is 0.545. The fourth-order valence-electron chi connectivity index (χ4n) is 5.36. The highest BCUT2D eigenvalue weighted by molar-refractivity contribution is 8.07. The number of aliphatic hydroxyl groups is 1. The van der Waals surface area contributed by atoms with E-state index in [1.807, 2.05) is 0 Å². The first kappa shape index (κ1) is 35.1. The molecule has 0 radical (unpaired) electrons. The topological polar surface area (TPSA) is 275 Å². The van der Waals surface area contributed by atoms with Crippen LogP contribution in [-0.4, -0.2) is 104 Å². The maximum absolute atomic E-state index is 15.6. The van der Waals surface area contributed by atoms with E-state index < -0.39 is 74.9 Å². The highest BCUT2D eigenvalue weighted by Crippen LogP contribution is 2.55. The largest absolute Gasteiger partial charge is 0.393 e. The molecule has 2 unspecified atom stereocenters. The maximum Gasteiger partial charge on any atom is 0.325 e. The van der Waals surface area contributed by atoms with Gasteiger partial charge in [-0.3, -0.25) is 23.4 Å². The van der Waals surface area contributed by atoms with Gasteiger partial charge in [-0.15, -0.1) is 0 Å². The Kier molecular flexibility index (Phi) is 9.67. The molecule has 0 spiro atoms. The zero-order valence-corrected chi connectivity index (χ0v) is 28.0. The van der Waals surface area contributed by atoms with Crippen LogP contribution in [0.3, 0.4) is 0 Å². The van der Waals surface area contributed by atoms with Crippen LogP contribution >= 0.6 is 13.9 Å². The number of aromatic amines is 1. The molecule has 4 aromatic heterocycles. The van der Waals surface area contributed by atoms with Crippen LogP contribution in [0, 0.1) is 0 Å². The van der Waals surface area contributed by atoms with Gasteiger partial charge in [-0.1, -0.05) is 0 Å². The van der Waals surface area contributed by atoms with Crippen molar-refractivity contribution >= 4 is 71.6 Å². The highest BCUT2D eigenvalue weighted by Gasteiger charge is 2.62. The number of anilines is 2. The number of nitrogens with two attached hydrogens (primary N) is 2. The second-order valence-corrected chi connectivity index (χ2v) is 15.6. The molecule has 2 fully saturated rings. The molecule has 0 amide bonds. The van der Waals surface area contributed by atoms with Crippen molar-refractivity contribution in [1.29, 1.82) is 0 Å². The van der Waals surface area contributed by atoms with Crippen molar-refractivity contribution in [2.24, 2.45) is 0 Å². The average molecular weight is 757 g/mol. The van der Waals surface area contributed by atoms with Crippen LogP contribution in [0.25, 0.3) is 22.3 Å². The van der Waals surface area contributed by atoms with E-state index in [9.17, 15) is 19.7 Å². The minimum Gasteiger partial charge on any atom is -0.393 e. The van der Waals surface area contributed by atoms with Crippen molar-refractivity contribution in [3.05, 3.63) is 29.3 Å². The van der Waals surface area contributed by atoms with Crippen molar-refractivity contribution < 1.29 is 51.5 Å². The maximum atomic E-state index is 15.6. The van der Waals surface area contributed by atoms with E-state index in [-0.39, 0.29) is 41.7 Å². The first-order valence-electron chi connectivity index (χ1n) is 13.7. The molecule has 6 rings (SSSR count). The summed E-state index contributed by atoms with van der Waals surface area (Å²) in [5, 5.41) is 9.65. The summed E-state index contributed by atoms with van der Waals surface area (Å²) < 4.78 is 67.0. The van der Waals surface area contributed by atoms with E-state index in [4.69, 9.17) is 62.9 Å². The van der Waals surface area contributed by atoms with Gasteiger partial charge in [0.1, 0.15) is 24.1 Å². The molecule has 0 aromatic carbocycles. The normalized spacial score (nSPS) is 29.1.